The molecule has 0 spiro atoms. The minimum Gasteiger partial charge on any atom is -0.508 e. The van der Waals surface area contributed by atoms with Gasteiger partial charge >= 0.3 is 0 Å². The van der Waals surface area contributed by atoms with E-state index in [1.54, 1.807) is 44.2 Å². The third-order valence-electron chi connectivity index (χ3n) is 3.09. The molecule has 2 N–H and O–H groups in total. The number of aryl methyl sites for hydroxylation is 3. The smallest absolute Gasteiger partial charge is 0.261 e. The van der Waals surface area contributed by atoms with Gasteiger partial charge < -0.3 is 5.11 Å². The molecule has 0 aliphatic carbocycles. The molecule has 0 saturated carbocycles. The predicted molar refractivity (Wildman–Crippen MR) is 79.6 cm³/mol. The number of rotatable bonds is 3. The van der Waals surface area contributed by atoms with Crippen molar-refractivity contribution in [2.24, 2.45) is 0 Å². The Hall–Kier alpha value is -2.01. The molecule has 5 heteroatoms. The van der Waals surface area contributed by atoms with Crippen molar-refractivity contribution in [3.8, 4) is 5.75 Å². The topological polar surface area (TPSA) is 66.4 Å². The van der Waals surface area contributed by atoms with Gasteiger partial charge in [0.15, 0.2) is 0 Å². The van der Waals surface area contributed by atoms with Gasteiger partial charge in [-0.25, -0.2) is 8.42 Å². The van der Waals surface area contributed by atoms with Gasteiger partial charge in [0, 0.05) is 0 Å². The van der Waals surface area contributed by atoms with E-state index < -0.39 is 10.0 Å². The lowest BCUT2D eigenvalue weighted by molar-refractivity contribution is 0.471. The third-order valence-corrected chi connectivity index (χ3v) is 4.45. The quantitative estimate of drug-likeness (QED) is 0.854. The first-order valence-electron chi connectivity index (χ1n) is 6.19. The molecule has 0 unspecified atom stereocenters. The highest BCUT2D eigenvalue weighted by Gasteiger charge is 2.16. The summed E-state index contributed by atoms with van der Waals surface area (Å²) in [6.07, 6.45) is 0. The number of nitrogens with one attached hydrogen (secondary N) is 1. The second kappa shape index (κ2) is 5.17. The molecule has 0 radical (unpaired) electrons. The van der Waals surface area contributed by atoms with E-state index in [-0.39, 0.29) is 10.6 Å². The molecule has 20 heavy (non-hydrogen) atoms. The van der Waals surface area contributed by atoms with E-state index in [2.05, 4.69) is 4.72 Å². The Morgan fingerprint density at radius 3 is 2.35 bits per heavy atom. The summed E-state index contributed by atoms with van der Waals surface area (Å²) in [6, 6.07) is 9.89. The first kappa shape index (κ1) is 14.4. The van der Waals surface area contributed by atoms with Crippen molar-refractivity contribution in [3.63, 3.8) is 0 Å². The third kappa shape index (κ3) is 2.93. The Morgan fingerprint density at radius 2 is 1.70 bits per heavy atom. The van der Waals surface area contributed by atoms with Crippen LogP contribution in [0.4, 0.5) is 5.69 Å². The van der Waals surface area contributed by atoms with Crippen LogP contribution in [0.25, 0.3) is 0 Å². The molecule has 2 aromatic carbocycles. The van der Waals surface area contributed by atoms with Crippen LogP contribution >= 0.6 is 0 Å². The maximum absolute atomic E-state index is 12.3. The second-order valence-electron chi connectivity index (χ2n) is 4.88. The molecule has 2 aromatic rings. The highest BCUT2D eigenvalue weighted by Crippen LogP contribution is 2.27. The molecule has 0 aliphatic heterocycles. The lowest BCUT2D eigenvalue weighted by atomic mass is 10.1. The molecule has 0 aromatic heterocycles. The van der Waals surface area contributed by atoms with Crippen LogP contribution in [0, 0.1) is 20.8 Å². The van der Waals surface area contributed by atoms with Gasteiger partial charge in [0.1, 0.15) is 5.75 Å². The summed E-state index contributed by atoms with van der Waals surface area (Å²) >= 11 is 0. The summed E-state index contributed by atoms with van der Waals surface area (Å²) in [5.41, 5.74) is 2.65. The fourth-order valence-electron chi connectivity index (χ4n) is 1.90. The zero-order chi connectivity index (χ0) is 14.9. The van der Waals surface area contributed by atoms with Gasteiger partial charge in [-0.05, 0) is 61.7 Å². The van der Waals surface area contributed by atoms with Gasteiger partial charge in [-0.2, -0.15) is 0 Å². The van der Waals surface area contributed by atoms with E-state index in [0.29, 0.717) is 16.8 Å². The zero-order valence-electron chi connectivity index (χ0n) is 11.6. The van der Waals surface area contributed by atoms with Crippen molar-refractivity contribution < 1.29 is 13.5 Å². The highest BCUT2D eigenvalue weighted by molar-refractivity contribution is 7.92. The number of aromatic hydroxyl groups is 1. The molecule has 0 atom stereocenters. The van der Waals surface area contributed by atoms with E-state index in [0.717, 1.165) is 5.56 Å². The Kier molecular flexibility index (Phi) is 3.72. The van der Waals surface area contributed by atoms with E-state index in [4.69, 9.17) is 0 Å². The van der Waals surface area contributed by atoms with Crippen molar-refractivity contribution in [2.75, 3.05) is 4.72 Å². The van der Waals surface area contributed by atoms with E-state index in [9.17, 15) is 13.5 Å². The van der Waals surface area contributed by atoms with Gasteiger partial charge in [-0.3, -0.25) is 4.72 Å². The van der Waals surface area contributed by atoms with Crippen LogP contribution in [0.1, 0.15) is 16.7 Å². The zero-order valence-corrected chi connectivity index (χ0v) is 12.5. The normalized spacial score (nSPS) is 11.3. The molecule has 0 aliphatic rings. The number of sulfonamides is 1. The van der Waals surface area contributed by atoms with Crippen LogP contribution in [-0.2, 0) is 10.0 Å². The Labute approximate surface area is 119 Å². The van der Waals surface area contributed by atoms with Gasteiger partial charge in [-0.1, -0.05) is 12.1 Å². The summed E-state index contributed by atoms with van der Waals surface area (Å²) in [5, 5.41) is 9.60. The summed E-state index contributed by atoms with van der Waals surface area (Å²) in [5.74, 6) is 0.154. The average molecular weight is 291 g/mol. The Morgan fingerprint density at radius 1 is 1.00 bits per heavy atom. The van der Waals surface area contributed by atoms with Crippen molar-refractivity contribution in [2.45, 2.75) is 25.7 Å². The SMILES string of the molecule is Cc1cccc(S(=O)(=O)Nc2cc(C)c(O)cc2C)c1. The molecule has 0 saturated heterocycles. The molecular weight excluding hydrogens is 274 g/mol. The predicted octanol–water partition coefficient (Wildman–Crippen LogP) is 3.12. The molecule has 0 bridgehead atoms. The average Bonchev–Trinajstić information content (AvgIpc) is 2.36. The largest absolute Gasteiger partial charge is 0.508 e. The molecule has 4 nitrogen and oxygen atoms in total. The van der Waals surface area contributed by atoms with Crippen LogP contribution in [0.3, 0.4) is 0 Å². The lowest BCUT2D eigenvalue weighted by Gasteiger charge is -2.12. The van der Waals surface area contributed by atoms with Crippen molar-refractivity contribution in [1.82, 2.24) is 0 Å². The fourth-order valence-corrected chi connectivity index (χ4v) is 3.12. The van der Waals surface area contributed by atoms with Crippen molar-refractivity contribution in [1.29, 1.82) is 0 Å². The summed E-state index contributed by atoms with van der Waals surface area (Å²) in [4.78, 5) is 0.225. The van der Waals surface area contributed by atoms with Gasteiger partial charge in [0.2, 0.25) is 0 Å². The number of phenols is 1. The monoisotopic (exact) mass is 291 g/mol. The molecule has 106 valence electrons. The van der Waals surface area contributed by atoms with Crippen LogP contribution < -0.4 is 4.72 Å². The molecule has 2 rings (SSSR count). The lowest BCUT2D eigenvalue weighted by Crippen LogP contribution is -2.14. The minimum atomic E-state index is -3.62. The van der Waals surface area contributed by atoms with Gasteiger partial charge in [0.05, 0.1) is 10.6 Å². The van der Waals surface area contributed by atoms with Crippen LogP contribution in [0.15, 0.2) is 41.3 Å². The second-order valence-corrected chi connectivity index (χ2v) is 6.56. The van der Waals surface area contributed by atoms with Crippen LogP contribution in [-0.4, -0.2) is 13.5 Å². The molecule has 0 fully saturated rings. The van der Waals surface area contributed by atoms with E-state index in [1.165, 1.54) is 0 Å². The molecular formula is C15H17NO3S. The summed E-state index contributed by atoms with van der Waals surface area (Å²) in [7, 11) is -3.62. The summed E-state index contributed by atoms with van der Waals surface area (Å²) in [6.45, 7) is 5.31. The Balaban J connectivity index is 2.41. The van der Waals surface area contributed by atoms with Crippen LogP contribution in [0.5, 0.6) is 5.75 Å². The first-order valence-corrected chi connectivity index (χ1v) is 7.67. The van der Waals surface area contributed by atoms with Crippen molar-refractivity contribution in [3.05, 3.63) is 53.1 Å². The number of hydrogen-bond donors (Lipinski definition) is 2. The molecule has 0 amide bonds. The van der Waals surface area contributed by atoms with Crippen LogP contribution in [0.2, 0.25) is 0 Å². The fraction of sp³-hybridized carbons (Fsp3) is 0.200. The number of phenolic OH excluding ortho intramolecular Hbond substituents is 1. The Bertz CT molecular complexity index is 752. The van der Waals surface area contributed by atoms with Gasteiger partial charge in [0.25, 0.3) is 10.0 Å². The first-order chi connectivity index (χ1) is 9.29. The van der Waals surface area contributed by atoms with Crippen molar-refractivity contribution >= 4 is 15.7 Å². The van der Waals surface area contributed by atoms with Gasteiger partial charge in [-0.15, -0.1) is 0 Å². The number of benzene rings is 2. The molecule has 0 heterocycles. The summed E-state index contributed by atoms with van der Waals surface area (Å²) < 4.78 is 27.2. The maximum atomic E-state index is 12.3. The standard InChI is InChI=1S/C15H17NO3S/c1-10-5-4-6-13(7-10)20(18,19)16-14-8-12(3)15(17)9-11(14)2/h4-9,16-17H,1-3H3. The number of hydrogen-bond acceptors (Lipinski definition) is 3. The van der Waals surface area contributed by atoms with E-state index in [1.807, 2.05) is 13.0 Å². The maximum Gasteiger partial charge on any atom is 0.261 e. The highest BCUT2D eigenvalue weighted by atomic mass is 32.2. The minimum absolute atomic E-state index is 0.154. The number of anilines is 1. The van der Waals surface area contributed by atoms with E-state index >= 15 is 0 Å².